The third kappa shape index (κ3) is 4.07. The number of hydrogen-bond donors (Lipinski definition) is 1. The Balaban J connectivity index is 1.94. The molecule has 0 saturated heterocycles. The molecule has 7 heteroatoms. The molecule has 2 heterocycles. The van der Waals surface area contributed by atoms with E-state index in [4.69, 9.17) is 4.52 Å². The summed E-state index contributed by atoms with van der Waals surface area (Å²) in [5.41, 5.74) is 0. The number of halogens is 1. The second kappa shape index (κ2) is 6.21. The van der Waals surface area contributed by atoms with E-state index in [1.54, 1.807) is 19.2 Å². The second-order valence-corrected chi connectivity index (χ2v) is 6.16. The Morgan fingerprint density at radius 3 is 2.89 bits per heavy atom. The third-order valence-electron chi connectivity index (χ3n) is 2.25. The zero-order valence-corrected chi connectivity index (χ0v) is 12.8. The fraction of sp³-hybridized carbons (Fsp3) is 0.250. The Morgan fingerprint density at radius 2 is 2.32 bits per heavy atom. The first kappa shape index (κ1) is 14.1. The van der Waals surface area contributed by atoms with Gasteiger partial charge in [0.1, 0.15) is 5.76 Å². The smallest absolute Gasteiger partial charge is 0.238 e. The van der Waals surface area contributed by atoms with E-state index < -0.39 is 0 Å². The molecule has 100 valence electrons. The first-order chi connectivity index (χ1) is 9.04. The lowest BCUT2D eigenvalue weighted by atomic mass is 10.4. The minimum atomic E-state index is -0.273. The summed E-state index contributed by atoms with van der Waals surface area (Å²) >= 11 is 4.70. The summed E-state index contributed by atoms with van der Waals surface area (Å²) in [6.45, 7) is 3.59. The highest BCUT2D eigenvalue weighted by molar-refractivity contribution is 9.10. The molecule has 1 N–H and O–H groups in total. The molecule has 0 bridgehead atoms. The maximum Gasteiger partial charge on any atom is 0.238 e. The minimum Gasteiger partial charge on any atom is -0.360 e. The van der Waals surface area contributed by atoms with Crippen molar-refractivity contribution < 1.29 is 9.32 Å². The summed E-state index contributed by atoms with van der Waals surface area (Å²) in [6, 6.07) is 5.42. The van der Waals surface area contributed by atoms with Crippen LogP contribution < -0.4 is 5.32 Å². The van der Waals surface area contributed by atoms with E-state index >= 15 is 0 Å². The zero-order valence-electron chi connectivity index (χ0n) is 10.4. The normalized spacial score (nSPS) is 12.2. The maximum atomic E-state index is 11.9. The van der Waals surface area contributed by atoms with E-state index in [0.717, 1.165) is 9.50 Å². The molecule has 0 aliphatic heterocycles. The van der Waals surface area contributed by atoms with Crippen LogP contribution in [0.15, 0.2) is 38.4 Å². The van der Waals surface area contributed by atoms with E-state index in [1.165, 1.54) is 11.8 Å². The van der Waals surface area contributed by atoms with Crippen LogP contribution in [0.4, 0.5) is 5.82 Å². The predicted octanol–water partition coefficient (Wildman–Crippen LogP) is 3.26. The first-order valence-corrected chi connectivity index (χ1v) is 7.24. The van der Waals surface area contributed by atoms with Gasteiger partial charge in [0.05, 0.1) is 10.3 Å². The predicted molar refractivity (Wildman–Crippen MR) is 77.1 cm³/mol. The summed E-state index contributed by atoms with van der Waals surface area (Å²) in [7, 11) is 0. The largest absolute Gasteiger partial charge is 0.360 e. The number of anilines is 1. The van der Waals surface area contributed by atoms with Crippen molar-refractivity contribution in [3.05, 3.63) is 34.6 Å². The van der Waals surface area contributed by atoms with Gasteiger partial charge in [-0.25, -0.2) is 4.98 Å². The zero-order chi connectivity index (χ0) is 13.8. The van der Waals surface area contributed by atoms with Gasteiger partial charge in [0.25, 0.3) is 0 Å². The van der Waals surface area contributed by atoms with Gasteiger partial charge in [0.15, 0.2) is 5.82 Å². The van der Waals surface area contributed by atoms with Crippen molar-refractivity contribution in [3.63, 3.8) is 0 Å². The van der Waals surface area contributed by atoms with E-state index in [9.17, 15) is 4.79 Å². The number of rotatable bonds is 4. The van der Waals surface area contributed by atoms with Crippen molar-refractivity contribution in [2.24, 2.45) is 0 Å². The topological polar surface area (TPSA) is 68.0 Å². The number of nitrogens with one attached hydrogen (secondary N) is 1. The molecule has 5 nitrogen and oxygen atoms in total. The van der Waals surface area contributed by atoms with Crippen LogP contribution in [0.3, 0.4) is 0 Å². The molecule has 19 heavy (non-hydrogen) atoms. The third-order valence-corrected chi connectivity index (χ3v) is 3.77. The van der Waals surface area contributed by atoms with Crippen LogP contribution in [0.2, 0.25) is 0 Å². The maximum absolute atomic E-state index is 11.9. The number of aromatic nitrogens is 2. The van der Waals surface area contributed by atoms with Crippen molar-refractivity contribution >= 4 is 39.4 Å². The number of thioether (sulfide) groups is 1. The monoisotopic (exact) mass is 341 g/mol. The van der Waals surface area contributed by atoms with Gasteiger partial charge in [-0.1, -0.05) is 16.9 Å². The molecular formula is C12H12BrN3O2S. The Bertz CT molecular complexity index is 571. The van der Waals surface area contributed by atoms with Crippen LogP contribution in [0.25, 0.3) is 0 Å². The average Bonchev–Trinajstić information content (AvgIpc) is 2.77. The average molecular weight is 342 g/mol. The van der Waals surface area contributed by atoms with Crippen LogP contribution in [-0.2, 0) is 4.79 Å². The Kier molecular flexibility index (Phi) is 4.60. The van der Waals surface area contributed by atoms with Gasteiger partial charge in [-0.3, -0.25) is 4.79 Å². The molecule has 1 unspecified atom stereocenters. The van der Waals surface area contributed by atoms with Gasteiger partial charge in [0, 0.05) is 16.7 Å². The van der Waals surface area contributed by atoms with Crippen molar-refractivity contribution in [2.45, 2.75) is 24.1 Å². The van der Waals surface area contributed by atoms with Gasteiger partial charge in [-0.05, 0) is 41.9 Å². The van der Waals surface area contributed by atoms with Gasteiger partial charge in [-0.2, -0.15) is 0 Å². The minimum absolute atomic E-state index is 0.136. The van der Waals surface area contributed by atoms with Crippen LogP contribution >= 0.6 is 27.7 Å². The molecule has 2 aromatic heterocycles. The highest BCUT2D eigenvalue weighted by Gasteiger charge is 2.16. The van der Waals surface area contributed by atoms with Gasteiger partial charge in [0.2, 0.25) is 5.91 Å². The molecule has 0 aliphatic rings. The summed E-state index contributed by atoms with van der Waals surface area (Å²) < 4.78 is 5.80. The van der Waals surface area contributed by atoms with Gasteiger partial charge >= 0.3 is 0 Å². The lowest BCUT2D eigenvalue weighted by Gasteiger charge is -2.09. The number of pyridine rings is 1. The number of nitrogens with zero attached hydrogens (tertiary/aromatic N) is 2. The molecular weight excluding hydrogens is 330 g/mol. The van der Waals surface area contributed by atoms with E-state index in [1.807, 2.05) is 19.1 Å². The van der Waals surface area contributed by atoms with Crippen molar-refractivity contribution in [1.82, 2.24) is 10.1 Å². The lowest BCUT2D eigenvalue weighted by molar-refractivity contribution is -0.115. The quantitative estimate of drug-likeness (QED) is 0.864. The molecule has 0 radical (unpaired) electrons. The lowest BCUT2D eigenvalue weighted by Crippen LogP contribution is -2.22. The van der Waals surface area contributed by atoms with E-state index in [-0.39, 0.29) is 11.2 Å². The van der Waals surface area contributed by atoms with Crippen molar-refractivity contribution in [2.75, 3.05) is 5.32 Å². The van der Waals surface area contributed by atoms with Gasteiger partial charge in [-0.15, -0.1) is 0 Å². The summed E-state index contributed by atoms with van der Waals surface area (Å²) in [6.07, 6.45) is 1.70. The molecule has 0 aromatic carbocycles. The fourth-order valence-corrected chi connectivity index (χ4v) is 2.34. The first-order valence-electron chi connectivity index (χ1n) is 5.57. The SMILES string of the molecule is Cc1cc(NC(=O)C(C)Sc2ccc(Br)cn2)no1. The molecule has 1 atom stereocenters. The second-order valence-electron chi connectivity index (χ2n) is 3.89. The molecule has 2 rings (SSSR count). The molecule has 0 saturated carbocycles. The summed E-state index contributed by atoms with van der Waals surface area (Å²) in [4.78, 5) is 16.2. The highest BCUT2D eigenvalue weighted by atomic mass is 79.9. The van der Waals surface area contributed by atoms with Crippen LogP contribution in [0, 0.1) is 6.92 Å². The fourth-order valence-electron chi connectivity index (χ4n) is 1.32. The number of amides is 1. The number of hydrogen-bond acceptors (Lipinski definition) is 5. The van der Waals surface area contributed by atoms with Gasteiger partial charge < -0.3 is 9.84 Å². The molecule has 0 spiro atoms. The van der Waals surface area contributed by atoms with Crippen LogP contribution in [0.5, 0.6) is 0 Å². The molecule has 1 amide bonds. The highest BCUT2D eigenvalue weighted by Crippen LogP contribution is 2.23. The number of carbonyl (C=O) groups is 1. The van der Waals surface area contributed by atoms with Crippen LogP contribution in [-0.4, -0.2) is 21.3 Å². The molecule has 0 fully saturated rings. The van der Waals surface area contributed by atoms with Crippen molar-refractivity contribution in [1.29, 1.82) is 0 Å². The summed E-state index contributed by atoms with van der Waals surface area (Å²) in [5.74, 6) is 0.951. The van der Waals surface area contributed by atoms with Crippen LogP contribution in [0.1, 0.15) is 12.7 Å². The van der Waals surface area contributed by atoms with Crippen molar-refractivity contribution in [3.8, 4) is 0 Å². The standard InChI is InChI=1S/C12H12BrN3O2S/c1-7-5-10(16-18-7)15-12(17)8(2)19-11-4-3-9(13)6-14-11/h3-6,8H,1-2H3,(H,15,16,17). The molecule has 2 aromatic rings. The number of aryl methyl sites for hydroxylation is 1. The Morgan fingerprint density at radius 1 is 1.53 bits per heavy atom. The Labute approximate surface area is 123 Å². The Hall–Kier alpha value is -1.34. The number of carbonyl (C=O) groups excluding carboxylic acids is 1. The summed E-state index contributed by atoms with van der Waals surface area (Å²) in [5, 5.41) is 6.93. The van der Waals surface area contributed by atoms with E-state index in [2.05, 4.69) is 31.4 Å². The van der Waals surface area contributed by atoms with E-state index in [0.29, 0.717) is 11.6 Å². The molecule has 0 aliphatic carbocycles.